The van der Waals surface area contributed by atoms with Crippen molar-refractivity contribution < 1.29 is 9.53 Å². The first-order valence-electron chi connectivity index (χ1n) is 7.31. The normalized spacial score (nSPS) is 10.2. The van der Waals surface area contributed by atoms with Gasteiger partial charge in [0.15, 0.2) is 5.13 Å². The molecule has 0 saturated heterocycles. The van der Waals surface area contributed by atoms with E-state index in [-0.39, 0.29) is 5.91 Å². The molecule has 2 aromatic heterocycles. The van der Waals surface area contributed by atoms with Crippen LogP contribution < -0.4 is 15.4 Å². The number of hydrogen-bond acceptors (Lipinski definition) is 6. The van der Waals surface area contributed by atoms with Gasteiger partial charge in [-0.15, -0.1) is 0 Å². The number of thiazole rings is 1. The summed E-state index contributed by atoms with van der Waals surface area (Å²) in [7, 11) is 1.77. The van der Waals surface area contributed by atoms with Crippen molar-refractivity contribution in [2.24, 2.45) is 0 Å². The van der Waals surface area contributed by atoms with E-state index in [1.54, 1.807) is 37.8 Å². The van der Waals surface area contributed by atoms with Crippen LogP contribution in [0.5, 0.6) is 5.75 Å². The van der Waals surface area contributed by atoms with E-state index in [2.05, 4.69) is 20.6 Å². The van der Waals surface area contributed by atoms with Crippen LogP contribution in [0.2, 0.25) is 0 Å². The first-order chi connectivity index (χ1) is 11.7. The summed E-state index contributed by atoms with van der Waals surface area (Å²) in [5.74, 6) is 0.546. The third kappa shape index (κ3) is 4.08. The van der Waals surface area contributed by atoms with Crippen LogP contribution in [0.4, 0.5) is 10.8 Å². The predicted molar refractivity (Wildman–Crippen MR) is 94.6 cm³/mol. The fourth-order valence-corrected chi connectivity index (χ4v) is 2.64. The molecule has 6 nitrogen and oxygen atoms in total. The summed E-state index contributed by atoms with van der Waals surface area (Å²) in [6.07, 6.45) is 5.05. The molecule has 2 heterocycles. The van der Waals surface area contributed by atoms with Crippen molar-refractivity contribution in [2.75, 3.05) is 17.7 Å². The summed E-state index contributed by atoms with van der Waals surface area (Å²) in [5.41, 5.74) is 1.70. The van der Waals surface area contributed by atoms with E-state index in [9.17, 15) is 4.79 Å². The molecular formula is C17H16N4O2S. The lowest BCUT2D eigenvalue weighted by Gasteiger charge is -2.07. The van der Waals surface area contributed by atoms with Crippen molar-refractivity contribution >= 4 is 28.1 Å². The second kappa shape index (κ2) is 7.56. The summed E-state index contributed by atoms with van der Waals surface area (Å²) < 4.78 is 5.69. The number of nitrogens with one attached hydrogen (secondary N) is 2. The molecule has 0 fully saturated rings. The maximum absolute atomic E-state index is 12.1. The van der Waals surface area contributed by atoms with Crippen LogP contribution >= 0.6 is 11.3 Å². The molecule has 1 amide bonds. The minimum atomic E-state index is -0.182. The Morgan fingerprint density at radius 2 is 2.04 bits per heavy atom. The van der Waals surface area contributed by atoms with Crippen LogP contribution in [0.15, 0.2) is 55.0 Å². The molecule has 0 saturated carbocycles. The SMILES string of the molecule is CNc1ncc(C(=O)Nc2ccc(OCc3cccnc3)cc2)s1. The van der Waals surface area contributed by atoms with Gasteiger partial charge in [0.1, 0.15) is 17.2 Å². The number of pyridine rings is 1. The number of hydrogen-bond donors (Lipinski definition) is 2. The van der Waals surface area contributed by atoms with E-state index in [1.807, 2.05) is 24.3 Å². The highest BCUT2D eigenvalue weighted by molar-refractivity contribution is 7.17. The van der Waals surface area contributed by atoms with Gasteiger partial charge in [0.25, 0.3) is 5.91 Å². The van der Waals surface area contributed by atoms with E-state index >= 15 is 0 Å². The standard InChI is InChI=1S/C17H16N4O2S/c1-18-17-20-10-15(24-17)16(22)21-13-4-6-14(7-5-13)23-11-12-3-2-8-19-9-12/h2-10H,11H2,1H3,(H,18,20)(H,21,22). The average Bonchev–Trinajstić information content (AvgIpc) is 3.11. The van der Waals surface area contributed by atoms with E-state index in [1.165, 1.54) is 11.3 Å². The second-order valence-electron chi connectivity index (χ2n) is 4.91. The average molecular weight is 340 g/mol. The third-order valence-electron chi connectivity index (χ3n) is 3.18. The van der Waals surface area contributed by atoms with Crippen molar-refractivity contribution in [3.05, 3.63) is 65.4 Å². The number of benzene rings is 1. The molecule has 0 spiro atoms. The van der Waals surface area contributed by atoms with E-state index in [0.717, 1.165) is 11.3 Å². The Bertz CT molecular complexity index is 803. The molecule has 0 aliphatic heterocycles. The van der Waals surface area contributed by atoms with Gasteiger partial charge in [-0.3, -0.25) is 9.78 Å². The van der Waals surface area contributed by atoms with Crippen molar-refractivity contribution in [1.29, 1.82) is 0 Å². The number of rotatable bonds is 6. The molecular weight excluding hydrogens is 324 g/mol. The topological polar surface area (TPSA) is 76.1 Å². The number of anilines is 2. The summed E-state index contributed by atoms with van der Waals surface area (Å²) in [5, 5.41) is 6.45. The zero-order valence-corrected chi connectivity index (χ0v) is 13.8. The first-order valence-corrected chi connectivity index (χ1v) is 8.13. The summed E-state index contributed by atoms with van der Waals surface area (Å²) >= 11 is 1.30. The van der Waals surface area contributed by atoms with Crippen LogP contribution in [0.1, 0.15) is 15.2 Å². The lowest BCUT2D eigenvalue weighted by atomic mass is 10.3. The number of carbonyl (C=O) groups excluding carboxylic acids is 1. The van der Waals surface area contributed by atoms with Crippen molar-refractivity contribution in [2.45, 2.75) is 6.61 Å². The zero-order valence-electron chi connectivity index (χ0n) is 13.0. The van der Waals surface area contributed by atoms with Gasteiger partial charge in [-0.25, -0.2) is 4.98 Å². The molecule has 122 valence electrons. The maximum atomic E-state index is 12.1. The van der Waals surface area contributed by atoms with Crippen LogP contribution in [-0.4, -0.2) is 22.9 Å². The molecule has 7 heteroatoms. The molecule has 0 aliphatic carbocycles. The van der Waals surface area contributed by atoms with Crippen LogP contribution in [0, 0.1) is 0 Å². The molecule has 0 aliphatic rings. The summed E-state index contributed by atoms with van der Waals surface area (Å²) in [4.78, 5) is 20.8. The van der Waals surface area contributed by atoms with Gasteiger partial charge in [-0.2, -0.15) is 0 Å². The van der Waals surface area contributed by atoms with Gasteiger partial charge >= 0.3 is 0 Å². The van der Waals surface area contributed by atoms with E-state index in [4.69, 9.17) is 4.74 Å². The highest BCUT2D eigenvalue weighted by Crippen LogP contribution is 2.21. The van der Waals surface area contributed by atoms with Gasteiger partial charge in [0, 0.05) is 30.7 Å². The second-order valence-corrected chi connectivity index (χ2v) is 5.94. The first kappa shape index (κ1) is 15.9. The van der Waals surface area contributed by atoms with Gasteiger partial charge in [0.2, 0.25) is 0 Å². The quantitative estimate of drug-likeness (QED) is 0.719. The Balaban J connectivity index is 1.57. The lowest BCUT2D eigenvalue weighted by Crippen LogP contribution is -2.09. The molecule has 24 heavy (non-hydrogen) atoms. The van der Waals surface area contributed by atoms with Crippen molar-refractivity contribution in [3.8, 4) is 5.75 Å². The molecule has 0 atom stereocenters. The fraction of sp³-hybridized carbons (Fsp3) is 0.118. The third-order valence-corrected chi connectivity index (χ3v) is 4.20. The largest absolute Gasteiger partial charge is 0.489 e. The number of ether oxygens (including phenoxy) is 1. The Kier molecular flexibility index (Phi) is 5.02. The Hall–Kier alpha value is -2.93. The van der Waals surface area contributed by atoms with Crippen LogP contribution in [0.25, 0.3) is 0 Å². The Labute approximate surface area is 143 Å². The zero-order chi connectivity index (χ0) is 16.8. The van der Waals surface area contributed by atoms with Crippen LogP contribution in [-0.2, 0) is 6.61 Å². The fourth-order valence-electron chi connectivity index (χ4n) is 1.97. The molecule has 1 aromatic carbocycles. The van der Waals surface area contributed by atoms with Crippen molar-refractivity contribution in [1.82, 2.24) is 9.97 Å². The molecule has 0 bridgehead atoms. The highest BCUT2D eigenvalue weighted by atomic mass is 32.1. The Morgan fingerprint density at radius 1 is 1.21 bits per heavy atom. The van der Waals surface area contributed by atoms with E-state index in [0.29, 0.717) is 22.3 Å². The number of aromatic nitrogens is 2. The number of amides is 1. The molecule has 2 N–H and O–H groups in total. The predicted octanol–water partition coefficient (Wildman–Crippen LogP) is 3.41. The number of carbonyl (C=O) groups is 1. The van der Waals surface area contributed by atoms with E-state index < -0.39 is 0 Å². The monoisotopic (exact) mass is 340 g/mol. The number of nitrogens with zero attached hydrogens (tertiary/aromatic N) is 2. The molecule has 0 unspecified atom stereocenters. The van der Waals surface area contributed by atoms with Crippen LogP contribution in [0.3, 0.4) is 0 Å². The molecule has 0 radical (unpaired) electrons. The lowest BCUT2D eigenvalue weighted by molar-refractivity contribution is 0.103. The minimum absolute atomic E-state index is 0.182. The smallest absolute Gasteiger partial charge is 0.267 e. The molecule has 3 rings (SSSR count). The summed E-state index contributed by atoms with van der Waals surface area (Å²) in [6, 6.07) is 11.1. The van der Waals surface area contributed by atoms with Gasteiger partial charge in [0.05, 0.1) is 6.20 Å². The molecule has 3 aromatic rings. The van der Waals surface area contributed by atoms with Gasteiger partial charge < -0.3 is 15.4 Å². The van der Waals surface area contributed by atoms with Crippen molar-refractivity contribution in [3.63, 3.8) is 0 Å². The maximum Gasteiger partial charge on any atom is 0.267 e. The van der Waals surface area contributed by atoms with Gasteiger partial charge in [-0.05, 0) is 30.3 Å². The van der Waals surface area contributed by atoms with Gasteiger partial charge in [-0.1, -0.05) is 17.4 Å². The minimum Gasteiger partial charge on any atom is -0.489 e. The Morgan fingerprint density at radius 3 is 2.71 bits per heavy atom. The highest BCUT2D eigenvalue weighted by Gasteiger charge is 2.10. The summed E-state index contributed by atoms with van der Waals surface area (Å²) in [6.45, 7) is 0.452.